The number of rotatable bonds is 7. The SMILES string of the molecule is CCc1ccsc1C(CCCOC)NN. The van der Waals surface area contributed by atoms with Crippen LogP contribution in [0.1, 0.15) is 36.2 Å². The van der Waals surface area contributed by atoms with Gasteiger partial charge in [-0.05, 0) is 36.3 Å². The highest BCUT2D eigenvalue weighted by Crippen LogP contribution is 2.27. The van der Waals surface area contributed by atoms with Crippen molar-refractivity contribution in [3.8, 4) is 0 Å². The van der Waals surface area contributed by atoms with Gasteiger partial charge in [0.05, 0.1) is 6.04 Å². The van der Waals surface area contributed by atoms with Crippen molar-refractivity contribution in [3.63, 3.8) is 0 Å². The van der Waals surface area contributed by atoms with E-state index in [0.717, 1.165) is 25.9 Å². The van der Waals surface area contributed by atoms with Crippen molar-refractivity contribution in [3.05, 3.63) is 21.9 Å². The number of nitrogens with one attached hydrogen (secondary N) is 1. The Hall–Kier alpha value is -0.420. The van der Waals surface area contributed by atoms with Gasteiger partial charge in [-0.3, -0.25) is 11.3 Å². The van der Waals surface area contributed by atoms with Crippen LogP contribution in [0.4, 0.5) is 0 Å². The fourth-order valence-corrected chi connectivity index (χ4v) is 2.76. The molecule has 0 aliphatic heterocycles. The van der Waals surface area contributed by atoms with Crippen molar-refractivity contribution >= 4 is 11.3 Å². The molecular formula is C11H20N2OS. The van der Waals surface area contributed by atoms with Gasteiger partial charge in [0.25, 0.3) is 0 Å². The molecule has 0 aliphatic rings. The molecule has 0 spiro atoms. The van der Waals surface area contributed by atoms with E-state index in [2.05, 4.69) is 23.8 Å². The third-order valence-electron chi connectivity index (χ3n) is 2.52. The average Bonchev–Trinajstić information content (AvgIpc) is 2.72. The van der Waals surface area contributed by atoms with Crippen molar-refractivity contribution in [2.45, 2.75) is 32.2 Å². The van der Waals surface area contributed by atoms with Gasteiger partial charge >= 0.3 is 0 Å². The fourth-order valence-electron chi connectivity index (χ4n) is 1.67. The summed E-state index contributed by atoms with van der Waals surface area (Å²) in [6, 6.07) is 2.45. The van der Waals surface area contributed by atoms with Crippen LogP contribution in [0.2, 0.25) is 0 Å². The maximum atomic E-state index is 5.59. The third-order valence-corrected chi connectivity index (χ3v) is 3.59. The molecule has 1 heterocycles. The molecule has 1 aromatic heterocycles. The van der Waals surface area contributed by atoms with E-state index in [1.165, 1.54) is 10.4 Å². The van der Waals surface area contributed by atoms with Crippen LogP contribution in [0.5, 0.6) is 0 Å². The molecule has 0 saturated carbocycles. The summed E-state index contributed by atoms with van der Waals surface area (Å²) in [5.41, 5.74) is 4.30. The van der Waals surface area contributed by atoms with Crippen LogP contribution in [0.3, 0.4) is 0 Å². The van der Waals surface area contributed by atoms with Crippen molar-refractivity contribution < 1.29 is 4.74 Å². The van der Waals surface area contributed by atoms with E-state index in [1.807, 2.05) is 0 Å². The predicted octanol–water partition coefficient (Wildman–Crippen LogP) is 2.24. The molecule has 86 valence electrons. The first-order valence-corrected chi connectivity index (χ1v) is 6.22. The highest BCUT2D eigenvalue weighted by atomic mass is 32.1. The summed E-state index contributed by atoms with van der Waals surface area (Å²) in [4.78, 5) is 1.37. The molecule has 0 radical (unpaired) electrons. The Labute approximate surface area is 95.6 Å². The van der Waals surface area contributed by atoms with Gasteiger partial charge in [-0.1, -0.05) is 6.92 Å². The topological polar surface area (TPSA) is 47.3 Å². The van der Waals surface area contributed by atoms with Crippen molar-refractivity contribution in [2.75, 3.05) is 13.7 Å². The Morgan fingerprint density at radius 2 is 2.40 bits per heavy atom. The normalized spacial score (nSPS) is 13.0. The predicted molar refractivity (Wildman–Crippen MR) is 64.9 cm³/mol. The van der Waals surface area contributed by atoms with Crippen LogP contribution in [0.25, 0.3) is 0 Å². The minimum atomic E-state index is 0.273. The van der Waals surface area contributed by atoms with Gasteiger partial charge in [0.1, 0.15) is 0 Å². The molecule has 0 saturated heterocycles. The van der Waals surface area contributed by atoms with Crippen molar-refractivity contribution in [2.24, 2.45) is 5.84 Å². The highest BCUT2D eigenvalue weighted by molar-refractivity contribution is 7.10. The first-order valence-electron chi connectivity index (χ1n) is 5.34. The quantitative estimate of drug-likeness (QED) is 0.427. The Bertz CT molecular complexity index is 275. The Morgan fingerprint density at radius 3 is 3.00 bits per heavy atom. The van der Waals surface area contributed by atoms with E-state index in [9.17, 15) is 0 Å². The number of aryl methyl sites for hydroxylation is 1. The van der Waals surface area contributed by atoms with Crippen LogP contribution in [0, 0.1) is 0 Å². The lowest BCUT2D eigenvalue weighted by Gasteiger charge is -2.15. The van der Waals surface area contributed by atoms with Gasteiger partial charge in [0.15, 0.2) is 0 Å². The average molecular weight is 228 g/mol. The van der Waals surface area contributed by atoms with Gasteiger partial charge in [0, 0.05) is 18.6 Å². The number of thiophene rings is 1. The minimum absolute atomic E-state index is 0.273. The second-order valence-corrected chi connectivity index (χ2v) is 4.47. The standard InChI is InChI=1S/C11H20N2OS/c1-3-9-6-8-15-11(9)10(13-12)5-4-7-14-2/h6,8,10,13H,3-5,7,12H2,1-2H3. The van der Waals surface area contributed by atoms with E-state index in [0.29, 0.717) is 0 Å². The molecule has 3 nitrogen and oxygen atoms in total. The lowest BCUT2D eigenvalue weighted by atomic mass is 10.1. The molecule has 1 unspecified atom stereocenters. The number of hydrogen-bond acceptors (Lipinski definition) is 4. The first-order chi connectivity index (χ1) is 7.33. The van der Waals surface area contributed by atoms with E-state index < -0.39 is 0 Å². The number of nitrogens with two attached hydrogens (primary N) is 1. The Morgan fingerprint density at radius 1 is 1.60 bits per heavy atom. The molecule has 1 aromatic rings. The van der Waals surface area contributed by atoms with Gasteiger partial charge < -0.3 is 4.74 Å². The van der Waals surface area contributed by atoms with Gasteiger partial charge in [-0.2, -0.15) is 0 Å². The monoisotopic (exact) mass is 228 g/mol. The van der Waals surface area contributed by atoms with Crippen molar-refractivity contribution in [1.82, 2.24) is 5.43 Å². The van der Waals surface area contributed by atoms with Crippen LogP contribution >= 0.6 is 11.3 Å². The molecule has 1 atom stereocenters. The van der Waals surface area contributed by atoms with E-state index in [1.54, 1.807) is 18.4 Å². The maximum absolute atomic E-state index is 5.59. The molecule has 0 aliphatic carbocycles. The third kappa shape index (κ3) is 3.57. The maximum Gasteiger partial charge on any atom is 0.0556 e. The molecule has 0 bridgehead atoms. The molecule has 1 rings (SSSR count). The van der Waals surface area contributed by atoms with Gasteiger partial charge in [-0.15, -0.1) is 11.3 Å². The second-order valence-electron chi connectivity index (χ2n) is 3.52. The summed E-state index contributed by atoms with van der Waals surface area (Å²) in [5.74, 6) is 5.59. The van der Waals surface area contributed by atoms with Crippen molar-refractivity contribution in [1.29, 1.82) is 0 Å². The molecule has 0 aromatic carbocycles. The van der Waals surface area contributed by atoms with E-state index >= 15 is 0 Å². The lowest BCUT2D eigenvalue weighted by Crippen LogP contribution is -2.28. The zero-order chi connectivity index (χ0) is 11.1. The number of ether oxygens (including phenoxy) is 1. The highest BCUT2D eigenvalue weighted by Gasteiger charge is 2.13. The zero-order valence-corrected chi connectivity index (χ0v) is 10.3. The molecular weight excluding hydrogens is 208 g/mol. The number of hydrazine groups is 1. The summed E-state index contributed by atoms with van der Waals surface area (Å²) >= 11 is 1.78. The smallest absolute Gasteiger partial charge is 0.0556 e. The summed E-state index contributed by atoms with van der Waals surface area (Å²) < 4.78 is 5.05. The minimum Gasteiger partial charge on any atom is -0.385 e. The Kier molecular flexibility index (Phi) is 5.86. The summed E-state index contributed by atoms with van der Waals surface area (Å²) in [5, 5.41) is 2.13. The van der Waals surface area contributed by atoms with Crippen LogP contribution < -0.4 is 11.3 Å². The Balaban J connectivity index is 2.57. The summed E-state index contributed by atoms with van der Waals surface area (Å²) in [6.45, 7) is 2.97. The zero-order valence-electron chi connectivity index (χ0n) is 9.45. The van der Waals surface area contributed by atoms with E-state index in [-0.39, 0.29) is 6.04 Å². The summed E-state index contributed by atoms with van der Waals surface area (Å²) in [6.07, 6.45) is 3.13. The molecule has 0 amide bonds. The first kappa shape index (κ1) is 12.6. The van der Waals surface area contributed by atoms with E-state index in [4.69, 9.17) is 10.6 Å². The van der Waals surface area contributed by atoms with Crippen LogP contribution in [-0.2, 0) is 11.2 Å². The van der Waals surface area contributed by atoms with Crippen LogP contribution in [0.15, 0.2) is 11.4 Å². The summed E-state index contributed by atoms with van der Waals surface area (Å²) in [7, 11) is 1.73. The van der Waals surface area contributed by atoms with Gasteiger partial charge in [0.2, 0.25) is 0 Å². The fraction of sp³-hybridized carbons (Fsp3) is 0.636. The molecule has 0 fully saturated rings. The number of hydrogen-bond donors (Lipinski definition) is 2. The molecule has 15 heavy (non-hydrogen) atoms. The number of methoxy groups -OCH3 is 1. The largest absolute Gasteiger partial charge is 0.385 e. The molecule has 3 N–H and O–H groups in total. The lowest BCUT2D eigenvalue weighted by molar-refractivity contribution is 0.189. The molecule has 4 heteroatoms. The van der Waals surface area contributed by atoms with Crippen LogP contribution in [-0.4, -0.2) is 13.7 Å². The second kappa shape index (κ2) is 6.95. The van der Waals surface area contributed by atoms with Gasteiger partial charge in [-0.25, -0.2) is 0 Å².